The third kappa shape index (κ3) is 5.87. The second kappa shape index (κ2) is 9.86. The number of nitrogens with one attached hydrogen (secondary N) is 1. The van der Waals surface area contributed by atoms with E-state index in [-0.39, 0.29) is 22.7 Å². The first-order valence-electron chi connectivity index (χ1n) is 10.9. The fourth-order valence-corrected chi connectivity index (χ4v) is 4.66. The molecule has 0 unspecified atom stereocenters. The molecule has 0 aliphatic carbocycles. The van der Waals surface area contributed by atoms with Crippen LogP contribution in [0.5, 0.6) is 0 Å². The molecule has 1 amide bonds. The van der Waals surface area contributed by atoms with Crippen LogP contribution in [0, 0.1) is 12.8 Å². The molecule has 33 heavy (non-hydrogen) atoms. The third-order valence-corrected chi connectivity index (χ3v) is 6.92. The van der Waals surface area contributed by atoms with E-state index in [1.165, 1.54) is 25.0 Å². The number of piperidine rings is 3. The number of hydrogen-bond acceptors (Lipinski definition) is 6. The van der Waals surface area contributed by atoms with E-state index in [1.807, 2.05) is 37.3 Å². The topological polar surface area (TPSA) is 113 Å². The van der Waals surface area contributed by atoms with Gasteiger partial charge in [0.2, 0.25) is 0 Å². The first-order valence-corrected chi connectivity index (χ1v) is 12.3. The highest BCUT2D eigenvalue weighted by molar-refractivity contribution is 7.85. The van der Waals surface area contributed by atoms with E-state index in [9.17, 15) is 13.2 Å². The molecule has 3 fully saturated rings. The van der Waals surface area contributed by atoms with Crippen LogP contribution < -0.4 is 5.32 Å². The van der Waals surface area contributed by atoms with E-state index in [0.29, 0.717) is 11.7 Å². The van der Waals surface area contributed by atoms with Gasteiger partial charge in [0.1, 0.15) is 0 Å². The SMILES string of the molecule is Cc1ccc(S(=O)(=O)O)cc1.O=C(N[C@H]1CN2CCC1CC2)c1ncc(-c2ccccc2)o1. The highest BCUT2D eigenvalue weighted by Crippen LogP contribution is 2.28. The minimum absolute atomic E-state index is 0.0666. The van der Waals surface area contributed by atoms with Gasteiger partial charge in [0.15, 0.2) is 5.76 Å². The Balaban J connectivity index is 0.000000200. The Morgan fingerprint density at radius 2 is 1.76 bits per heavy atom. The molecule has 4 heterocycles. The number of aryl methyl sites for hydroxylation is 1. The van der Waals surface area contributed by atoms with Crippen LogP contribution in [-0.4, -0.2) is 54.4 Å². The summed E-state index contributed by atoms with van der Waals surface area (Å²) in [6.45, 7) is 5.11. The van der Waals surface area contributed by atoms with Gasteiger partial charge in [-0.25, -0.2) is 4.98 Å². The van der Waals surface area contributed by atoms with Crippen molar-refractivity contribution in [2.45, 2.75) is 30.7 Å². The van der Waals surface area contributed by atoms with Crippen molar-refractivity contribution >= 4 is 16.0 Å². The number of aromatic nitrogens is 1. The summed E-state index contributed by atoms with van der Waals surface area (Å²) < 4.78 is 35.2. The molecule has 8 nitrogen and oxygen atoms in total. The summed E-state index contributed by atoms with van der Waals surface area (Å²) in [5, 5.41) is 3.09. The van der Waals surface area contributed by atoms with Crippen LogP contribution in [0.15, 0.2) is 70.1 Å². The lowest BCUT2D eigenvalue weighted by atomic mass is 9.84. The van der Waals surface area contributed by atoms with E-state index in [1.54, 1.807) is 18.3 Å². The fourth-order valence-electron chi connectivity index (χ4n) is 4.18. The van der Waals surface area contributed by atoms with E-state index < -0.39 is 10.1 Å². The Labute approximate surface area is 193 Å². The predicted molar refractivity (Wildman–Crippen MR) is 123 cm³/mol. The maximum Gasteiger partial charge on any atom is 0.307 e. The summed E-state index contributed by atoms with van der Waals surface area (Å²) in [6, 6.07) is 15.9. The number of fused-ring (bicyclic) bond motifs is 3. The van der Waals surface area contributed by atoms with Crippen molar-refractivity contribution in [3.63, 3.8) is 0 Å². The number of oxazole rings is 1. The Kier molecular flexibility index (Phi) is 6.92. The van der Waals surface area contributed by atoms with Crippen LogP contribution in [0.25, 0.3) is 11.3 Å². The Morgan fingerprint density at radius 3 is 2.33 bits per heavy atom. The number of benzene rings is 2. The number of carbonyl (C=O) groups is 1. The molecule has 9 heteroatoms. The van der Waals surface area contributed by atoms with Crippen molar-refractivity contribution < 1.29 is 22.2 Å². The molecule has 1 aromatic heterocycles. The van der Waals surface area contributed by atoms with Gasteiger partial charge in [0.25, 0.3) is 16.0 Å². The zero-order chi connectivity index (χ0) is 23.4. The summed E-state index contributed by atoms with van der Waals surface area (Å²) in [5.74, 6) is 1.16. The van der Waals surface area contributed by atoms with Gasteiger partial charge in [-0.05, 0) is 50.9 Å². The van der Waals surface area contributed by atoms with Crippen molar-refractivity contribution in [2.24, 2.45) is 5.92 Å². The summed E-state index contributed by atoms with van der Waals surface area (Å²) in [6.07, 6.45) is 3.96. The number of rotatable bonds is 4. The number of carbonyl (C=O) groups excluding carboxylic acids is 1. The first-order chi connectivity index (χ1) is 15.8. The smallest absolute Gasteiger partial charge is 0.307 e. The molecule has 174 valence electrons. The normalized spacial score (nSPS) is 21.7. The summed E-state index contributed by atoms with van der Waals surface area (Å²) in [7, 11) is -4.02. The van der Waals surface area contributed by atoms with Crippen LogP contribution in [0.2, 0.25) is 0 Å². The van der Waals surface area contributed by atoms with E-state index in [2.05, 4.69) is 15.2 Å². The highest BCUT2D eigenvalue weighted by Gasteiger charge is 2.35. The van der Waals surface area contributed by atoms with E-state index >= 15 is 0 Å². The molecule has 3 aliphatic rings. The van der Waals surface area contributed by atoms with Crippen LogP contribution in [0.1, 0.15) is 29.1 Å². The maximum atomic E-state index is 12.3. The molecule has 0 radical (unpaired) electrons. The van der Waals surface area contributed by atoms with Crippen LogP contribution >= 0.6 is 0 Å². The summed E-state index contributed by atoms with van der Waals surface area (Å²) in [5.41, 5.74) is 1.88. The Hall–Kier alpha value is -3.01. The lowest BCUT2D eigenvalue weighted by molar-refractivity contribution is 0.0602. The van der Waals surface area contributed by atoms with Gasteiger partial charge in [0.05, 0.1) is 11.1 Å². The van der Waals surface area contributed by atoms with Crippen LogP contribution in [0.4, 0.5) is 0 Å². The molecule has 2 N–H and O–H groups in total. The zero-order valence-corrected chi connectivity index (χ0v) is 19.2. The standard InChI is InChI=1S/C17H19N3O2.C7H8O3S/c21-16(19-14-11-20-8-6-12(14)7-9-20)17-18-10-15(22-17)13-4-2-1-3-5-13;1-6-2-4-7(5-3-6)11(8,9)10/h1-5,10,12,14H,6-9,11H2,(H,19,21);2-5H,1H3,(H,8,9,10)/t14-;/m0./s1. The molecule has 3 aromatic rings. The van der Waals surface area contributed by atoms with Crippen molar-refractivity contribution in [3.05, 3.63) is 72.2 Å². The van der Waals surface area contributed by atoms with Gasteiger partial charge >= 0.3 is 5.91 Å². The number of amides is 1. The van der Waals surface area contributed by atoms with Crippen LogP contribution in [0.3, 0.4) is 0 Å². The Morgan fingerprint density at radius 1 is 1.09 bits per heavy atom. The van der Waals surface area contributed by atoms with E-state index in [0.717, 1.165) is 30.8 Å². The molecule has 6 rings (SSSR count). The second-order valence-corrected chi connectivity index (χ2v) is 9.82. The highest BCUT2D eigenvalue weighted by atomic mass is 32.2. The number of nitrogens with zero attached hydrogens (tertiary/aromatic N) is 2. The molecule has 2 bridgehead atoms. The largest absolute Gasteiger partial charge is 0.432 e. The Bertz CT molecular complexity index is 1180. The average molecular weight is 470 g/mol. The lowest BCUT2D eigenvalue weighted by Gasteiger charge is -2.44. The molecule has 0 spiro atoms. The van der Waals surface area contributed by atoms with Crippen molar-refractivity contribution in [1.82, 2.24) is 15.2 Å². The average Bonchev–Trinajstić information content (AvgIpc) is 3.31. The maximum absolute atomic E-state index is 12.3. The quantitative estimate of drug-likeness (QED) is 0.563. The van der Waals surface area contributed by atoms with Crippen molar-refractivity contribution in [1.29, 1.82) is 0 Å². The van der Waals surface area contributed by atoms with Gasteiger partial charge < -0.3 is 14.6 Å². The minimum atomic E-state index is -4.02. The first kappa shape index (κ1) is 23.2. The predicted octanol–water partition coefficient (Wildman–Crippen LogP) is 3.41. The van der Waals surface area contributed by atoms with Gasteiger partial charge in [0, 0.05) is 18.2 Å². The van der Waals surface area contributed by atoms with Crippen molar-refractivity contribution in [3.8, 4) is 11.3 Å². The van der Waals surface area contributed by atoms with Crippen molar-refractivity contribution in [2.75, 3.05) is 19.6 Å². The van der Waals surface area contributed by atoms with Gasteiger partial charge in [-0.3, -0.25) is 9.35 Å². The molecule has 1 atom stereocenters. The van der Waals surface area contributed by atoms with Gasteiger partial charge in [-0.15, -0.1) is 0 Å². The summed E-state index contributed by atoms with van der Waals surface area (Å²) in [4.78, 5) is 18.8. The third-order valence-electron chi connectivity index (χ3n) is 6.05. The van der Waals surface area contributed by atoms with Crippen LogP contribution in [-0.2, 0) is 10.1 Å². The fraction of sp³-hybridized carbons (Fsp3) is 0.333. The molecule has 0 saturated carbocycles. The molecular weight excluding hydrogens is 442 g/mol. The molecule has 2 aromatic carbocycles. The van der Waals surface area contributed by atoms with Gasteiger partial charge in [-0.1, -0.05) is 48.0 Å². The zero-order valence-electron chi connectivity index (χ0n) is 18.3. The molecular formula is C24H27N3O5S. The minimum Gasteiger partial charge on any atom is -0.432 e. The molecule has 3 aliphatic heterocycles. The monoisotopic (exact) mass is 469 g/mol. The molecule has 3 saturated heterocycles. The lowest BCUT2D eigenvalue weighted by Crippen LogP contribution is -2.57. The summed E-state index contributed by atoms with van der Waals surface area (Å²) >= 11 is 0. The second-order valence-electron chi connectivity index (χ2n) is 8.40. The van der Waals surface area contributed by atoms with Gasteiger partial charge in [-0.2, -0.15) is 8.42 Å². The number of hydrogen-bond donors (Lipinski definition) is 2. The van der Waals surface area contributed by atoms with E-state index in [4.69, 9.17) is 8.97 Å².